The Morgan fingerprint density at radius 1 is 1.56 bits per heavy atom. The average molecular weight is 240 g/mol. The van der Waals surface area contributed by atoms with Gasteiger partial charge in [-0.2, -0.15) is 11.8 Å². The molecule has 16 heavy (non-hydrogen) atoms. The second-order valence-corrected chi connectivity index (χ2v) is 5.39. The molecule has 0 radical (unpaired) electrons. The molecule has 0 spiro atoms. The number of nitrogens with zero attached hydrogens (tertiary/aromatic N) is 1. The van der Waals surface area contributed by atoms with Crippen molar-refractivity contribution in [3.05, 3.63) is 29.8 Å². The van der Waals surface area contributed by atoms with Gasteiger partial charge in [-0.25, -0.2) is 4.39 Å². The minimum absolute atomic E-state index is 0.173. The Hall–Kier alpha value is -0.610. The standard InChI is InChI=1S/C12H17FN2S/c1-9(10-5-11(13)7-14-6-10)15-12-3-2-4-16-8-12/h5-7,9,12,15H,2-4,8H2,1H3. The lowest BCUT2D eigenvalue weighted by Crippen LogP contribution is -2.35. The van der Waals surface area contributed by atoms with Crippen LogP contribution in [0.4, 0.5) is 4.39 Å². The fraction of sp³-hybridized carbons (Fsp3) is 0.583. The predicted octanol–water partition coefficient (Wildman–Crippen LogP) is 2.77. The predicted molar refractivity (Wildman–Crippen MR) is 66.1 cm³/mol. The second kappa shape index (κ2) is 5.64. The Balaban J connectivity index is 1.94. The highest BCUT2D eigenvalue weighted by Crippen LogP contribution is 2.20. The molecule has 2 nitrogen and oxygen atoms in total. The molecule has 0 amide bonds. The fourth-order valence-corrected chi connectivity index (χ4v) is 3.07. The van der Waals surface area contributed by atoms with E-state index in [9.17, 15) is 4.39 Å². The summed E-state index contributed by atoms with van der Waals surface area (Å²) in [5.74, 6) is 2.17. The van der Waals surface area contributed by atoms with Gasteiger partial charge in [0.1, 0.15) is 5.82 Å². The van der Waals surface area contributed by atoms with Gasteiger partial charge >= 0.3 is 0 Å². The maximum atomic E-state index is 13.0. The molecule has 0 aromatic carbocycles. The number of hydrogen-bond donors (Lipinski definition) is 1. The van der Waals surface area contributed by atoms with Crippen molar-refractivity contribution in [3.8, 4) is 0 Å². The third-order valence-electron chi connectivity index (χ3n) is 2.87. The van der Waals surface area contributed by atoms with Gasteiger partial charge in [0.25, 0.3) is 0 Å². The lowest BCUT2D eigenvalue weighted by atomic mass is 10.1. The van der Waals surface area contributed by atoms with Gasteiger partial charge in [-0.15, -0.1) is 0 Å². The van der Waals surface area contributed by atoms with E-state index in [1.807, 2.05) is 11.8 Å². The number of aromatic nitrogens is 1. The van der Waals surface area contributed by atoms with Gasteiger partial charge in [-0.1, -0.05) is 0 Å². The zero-order valence-electron chi connectivity index (χ0n) is 9.45. The molecule has 0 aliphatic carbocycles. The normalized spacial score (nSPS) is 23.0. The number of thioether (sulfide) groups is 1. The van der Waals surface area contributed by atoms with Gasteiger partial charge in [0.2, 0.25) is 0 Å². The molecule has 2 atom stereocenters. The first kappa shape index (κ1) is 11.9. The Bertz CT molecular complexity index is 340. The first-order valence-electron chi connectivity index (χ1n) is 5.70. The molecule has 1 N–H and O–H groups in total. The molecule has 0 bridgehead atoms. The van der Waals surface area contributed by atoms with E-state index in [1.165, 1.54) is 24.8 Å². The van der Waals surface area contributed by atoms with Gasteiger partial charge in [-0.3, -0.25) is 4.98 Å². The highest BCUT2D eigenvalue weighted by Gasteiger charge is 2.16. The Labute approximate surface area is 100 Å². The SMILES string of the molecule is CC(NC1CCCSC1)c1cncc(F)c1. The summed E-state index contributed by atoms with van der Waals surface area (Å²) in [5.41, 5.74) is 0.926. The van der Waals surface area contributed by atoms with E-state index in [-0.39, 0.29) is 11.9 Å². The largest absolute Gasteiger partial charge is 0.307 e. The zero-order chi connectivity index (χ0) is 11.4. The number of hydrogen-bond acceptors (Lipinski definition) is 3. The van der Waals surface area contributed by atoms with Crippen LogP contribution in [0.2, 0.25) is 0 Å². The van der Waals surface area contributed by atoms with Crippen LogP contribution in [-0.4, -0.2) is 22.5 Å². The average Bonchev–Trinajstić information content (AvgIpc) is 2.30. The van der Waals surface area contributed by atoms with Crippen molar-refractivity contribution in [1.29, 1.82) is 0 Å². The molecule has 4 heteroatoms. The molecule has 88 valence electrons. The summed E-state index contributed by atoms with van der Waals surface area (Å²) < 4.78 is 13.0. The van der Waals surface area contributed by atoms with E-state index in [2.05, 4.69) is 17.2 Å². The van der Waals surface area contributed by atoms with E-state index in [4.69, 9.17) is 0 Å². The summed E-state index contributed by atoms with van der Waals surface area (Å²) in [4.78, 5) is 3.88. The smallest absolute Gasteiger partial charge is 0.141 e. The molecule has 1 fully saturated rings. The Morgan fingerprint density at radius 3 is 3.12 bits per heavy atom. The molecule has 1 saturated heterocycles. The van der Waals surface area contributed by atoms with E-state index in [1.54, 1.807) is 12.3 Å². The molecule has 2 heterocycles. The summed E-state index contributed by atoms with van der Waals surface area (Å²) in [7, 11) is 0. The molecular formula is C12H17FN2S. The summed E-state index contributed by atoms with van der Waals surface area (Å²) in [6.45, 7) is 2.07. The van der Waals surface area contributed by atoms with Crippen LogP contribution in [0.1, 0.15) is 31.4 Å². The minimum Gasteiger partial charge on any atom is -0.307 e. The molecule has 2 rings (SSSR count). The van der Waals surface area contributed by atoms with Crippen LogP contribution >= 0.6 is 11.8 Å². The number of halogens is 1. The fourth-order valence-electron chi connectivity index (χ4n) is 1.99. The maximum Gasteiger partial charge on any atom is 0.141 e. The first-order chi connectivity index (χ1) is 7.75. The van der Waals surface area contributed by atoms with Crippen LogP contribution in [-0.2, 0) is 0 Å². The lowest BCUT2D eigenvalue weighted by molar-refractivity contribution is 0.450. The summed E-state index contributed by atoms with van der Waals surface area (Å²) in [6, 6.07) is 2.28. The molecule has 1 aromatic heterocycles. The molecule has 0 saturated carbocycles. The van der Waals surface area contributed by atoms with E-state index >= 15 is 0 Å². The highest BCUT2D eigenvalue weighted by atomic mass is 32.2. The lowest BCUT2D eigenvalue weighted by Gasteiger charge is -2.26. The topological polar surface area (TPSA) is 24.9 Å². The molecule has 2 unspecified atom stereocenters. The van der Waals surface area contributed by atoms with Crippen LogP contribution in [0.5, 0.6) is 0 Å². The van der Waals surface area contributed by atoms with E-state index in [0.717, 1.165) is 11.3 Å². The number of nitrogens with one attached hydrogen (secondary N) is 1. The van der Waals surface area contributed by atoms with Crippen LogP contribution in [0, 0.1) is 5.82 Å². The van der Waals surface area contributed by atoms with Crippen molar-refractivity contribution in [2.75, 3.05) is 11.5 Å². The van der Waals surface area contributed by atoms with Crippen molar-refractivity contribution >= 4 is 11.8 Å². The van der Waals surface area contributed by atoms with Crippen LogP contribution in [0.25, 0.3) is 0 Å². The van der Waals surface area contributed by atoms with E-state index < -0.39 is 0 Å². The third-order valence-corrected chi connectivity index (χ3v) is 4.09. The molecule has 1 aliphatic rings. The van der Waals surface area contributed by atoms with Crippen LogP contribution in [0.3, 0.4) is 0 Å². The van der Waals surface area contributed by atoms with Crippen LogP contribution in [0.15, 0.2) is 18.5 Å². The maximum absolute atomic E-state index is 13.0. The molecule has 1 aromatic rings. The second-order valence-electron chi connectivity index (χ2n) is 4.24. The molecular weight excluding hydrogens is 223 g/mol. The van der Waals surface area contributed by atoms with Crippen molar-refractivity contribution in [2.24, 2.45) is 0 Å². The first-order valence-corrected chi connectivity index (χ1v) is 6.85. The van der Waals surface area contributed by atoms with Gasteiger partial charge in [-0.05, 0) is 37.1 Å². The van der Waals surface area contributed by atoms with Gasteiger partial charge in [0, 0.05) is 24.0 Å². The van der Waals surface area contributed by atoms with E-state index in [0.29, 0.717) is 6.04 Å². The third kappa shape index (κ3) is 3.19. The minimum atomic E-state index is -0.260. The van der Waals surface area contributed by atoms with Crippen molar-refractivity contribution in [2.45, 2.75) is 31.8 Å². The summed E-state index contributed by atoms with van der Waals surface area (Å²) in [5, 5.41) is 3.53. The van der Waals surface area contributed by atoms with Gasteiger partial charge in [0.05, 0.1) is 6.20 Å². The zero-order valence-corrected chi connectivity index (χ0v) is 10.3. The van der Waals surface area contributed by atoms with Crippen molar-refractivity contribution in [1.82, 2.24) is 10.3 Å². The number of pyridine rings is 1. The number of rotatable bonds is 3. The van der Waals surface area contributed by atoms with Gasteiger partial charge in [0.15, 0.2) is 0 Å². The summed E-state index contributed by atoms with van der Waals surface area (Å²) in [6.07, 6.45) is 5.47. The summed E-state index contributed by atoms with van der Waals surface area (Å²) >= 11 is 1.99. The Morgan fingerprint density at radius 2 is 2.44 bits per heavy atom. The van der Waals surface area contributed by atoms with Crippen molar-refractivity contribution < 1.29 is 4.39 Å². The monoisotopic (exact) mass is 240 g/mol. The van der Waals surface area contributed by atoms with Crippen LogP contribution < -0.4 is 5.32 Å². The van der Waals surface area contributed by atoms with Crippen molar-refractivity contribution in [3.63, 3.8) is 0 Å². The highest BCUT2D eigenvalue weighted by molar-refractivity contribution is 7.99. The van der Waals surface area contributed by atoms with Gasteiger partial charge < -0.3 is 5.32 Å². The molecule has 1 aliphatic heterocycles. The quantitative estimate of drug-likeness (QED) is 0.879. The Kier molecular flexibility index (Phi) is 4.18.